The first-order valence-corrected chi connectivity index (χ1v) is 9.45. The Hall–Kier alpha value is -0.120. The molecule has 0 aromatic carbocycles. The first kappa shape index (κ1) is 20.9. The average molecular weight is 300 g/mol. The Balaban J connectivity index is 3.69. The number of hydrogen-bond acceptors (Lipinski definition) is 3. The maximum Gasteiger partial charge on any atom is -0.00773 e. The molecule has 0 aliphatic rings. The highest BCUT2D eigenvalue weighted by molar-refractivity contribution is 4.62. The van der Waals surface area contributed by atoms with Crippen LogP contribution in [0, 0.1) is 5.92 Å². The van der Waals surface area contributed by atoms with Crippen LogP contribution in [0.2, 0.25) is 0 Å². The summed E-state index contributed by atoms with van der Waals surface area (Å²) in [6.07, 6.45) is 18.7. The molecule has 0 fully saturated rings. The van der Waals surface area contributed by atoms with Gasteiger partial charge in [-0.1, -0.05) is 70.6 Å². The molecule has 21 heavy (non-hydrogen) atoms. The summed E-state index contributed by atoms with van der Waals surface area (Å²) < 4.78 is 0. The SMILES string of the molecule is NCCCCCCC(CCCCCN)CCCCCCN. The van der Waals surface area contributed by atoms with Crippen molar-refractivity contribution in [3.05, 3.63) is 0 Å². The summed E-state index contributed by atoms with van der Waals surface area (Å²) in [6, 6.07) is 0. The molecule has 0 unspecified atom stereocenters. The van der Waals surface area contributed by atoms with E-state index >= 15 is 0 Å². The lowest BCUT2D eigenvalue weighted by atomic mass is 9.90. The van der Waals surface area contributed by atoms with E-state index in [0.29, 0.717) is 0 Å². The Bertz CT molecular complexity index is 171. The summed E-state index contributed by atoms with van der Waals surface area (Å²) in [4.78, 5) is 0. The molecule has 0 heterocycles. The van der Waals surface area contributed by atoms with Gasteiger partial charge < -0.3 is 17.2 Å². The molecule has 0 aromatic rings. The zero-order valence-electron chi connectivity index (χ0n) is 14.3. The Kier molecular flexibility index (Phi) is 17.8. The lowest BCUT2D eigenvalue weighted by Crippen LogP contribution is -2.04. The fourth-order valence-corrected chi connectivity index (χ4v) is 3.05. The van der Waals surface area contributed by atoms with Crippen LogP contribution in [0.4, 0.5) is 0 Å². The molecule has 6 N–H and O–H groups in total. The molecule has 3 heteroatoms. The van der Waals surface area contributed by atoms with Gasteiger partial charge in [-0.15, -0.1) is 0 Å². The fraction of sp³-hybridized carbons (Fsp3) is 1.00. The first-order valence-electron chi connectivity index (χ1n) is 9.45. The van der Waals surface area contributed by atoms with Gasteiger partial charge in [-0.25, -0.2) is 0 Å². The highest BCUT2D eigenvalue weighted by Crippen LogP contribution is 2.23. The lowest BCUT2D eigenvalue weighted by Gasteiger charge is -2.17. The molecule has 0 bridgehead atoms. The quantitative estimate of drug-likeness (QED) is 0.356. The molecule has 128 valence electrons. The van der Waals surface area contributed by atoms with Gasteiger partial charge in [0.15, 0.2) is 0 Å². The largest absolute Gasteiger partial charge is 0.330 e. The van der Waals surface area contributed by atoms with Gasteiger partial charge in [0.2, 0.25) is 0 Å². The summed E-state index contributed by atoms with van der Waals surface area (Å²) in [5.41, 5.74) is 16.7. The Morgan fingerprint density at radius 2 is 0.667 bits per heavy atom. The minimum atomic E-state index is 0.850. The molecule has 0 rings (SSSR count). The van der Waals surface area contributed by atoms with Gasteiger partial charge in [-0.3, -0.25) is 0 Å². The van der Waals surface area contributed by atoms with E-state index in [1.165, 1.54) is 89.9 Å². The first-order chi connectivity index (χ1) is 10.3. The van der Waals surface area contributed by atoms with Gasteiger partial charge in [0, 0.05) is 0 Å². The third-order valence-electron chi connectivity index (χ3n) is 4.45. The van der Waals surface area contributed by atoms with Crippen molar-refractivity contribution in [2.75, 3.05) is 19.6 Å². The van der Waals surface area contributed by atoms with Crippen LogP contribution in [0.3, 0.4) is 0 Å². The molecule has 0 aromatic heterocycles. The van der Waals surface area contributed by atoms with Crippen LogP contribution in [0.15, 0.2) is 0 Å². The summed E-state index contributed by atoms with van der Waals surface area (Å²) in [5.74, 6) is 0.943. The van der Waals surface area contributed by atoms with Gasteiger partial charge in [-0.05, 0) is 44.8 Å². The lowest BCUT2D eigenvalue weighted by molar-refractivity contribution is 0.368. The van der Waals surface area contributed by atoms with Crippen LogP contribution < -0.4 is 17.2 Å². The number of hydrogen-bond donors (Lipinski definition) is 3. The molecule has 3 nitrogen and oxygen atoms in total. The Labute approximate surface area is 133 Å². The standard InChI is InChI=1S/C18H41N3/c19-15-9-3-1-6-12-18(14-8-5-11-17-21)13-7-2-4-10-16-20/h18H,1-17,19-21H2. The van der Waals surface area contributed by atoms with Crippen molar-refractivity contribution in [1.82, 2.24) is 0 Å². The summed E-state index contributed by atoms with van der Waals surface area (Å²) in [5, 5.41) is 0. The monoisotopic (exact) mass is 299 g/mol. The van der Waals surface area contributed by atoms with Crippen molar-refractivity contribution in [2.24, 2.45) is 23.1 Å². The Morgan fingerprint density at radius 3 is 1.00 bits per heavy atom. The van der Waals surface area contributed by atoms with Crippen LogP contribution in [-0.4, -0.2) is 19.6 Å². The molecule has 0 radical (unpaired) electrons. The third kappa shape index (κ3) is 16.1. The fourth-order valence-electron chi connectivity index (χ4n) is 3.05. The molecule has 0 spiro atoms. The second kappa shape index (κ2) is 17.9. The van der Waals surface area contributed by atoms with Crippen molar-refractivity contribution >= 4 is 0 Å². The second-order valence-electron chi connectivity index (χ2n) is 6.49. The van der Waals surface area contributed by atoms with Crippen LogP contribution >= 0.6 is 0 Å². The summed E-state index contributed by atoms with van der Waals surface area (Å²) >= 11 is 0. The van der Waals surface area contributed by atoms with E-state index in [1.54, 1.807) is 0 Å². The zero-order valence-corrected chi connectivity index (χ0v) is 14.3. The van der Waals surface area contributed by atoms with Gasteiger partial charge >= 0.3 is 0 Å². The third-order valence-corrected chi connectivity index (χ3v) is 4.45. The smallest absolute Gasteiger partial charge is 0.00773 e. The molecule has 0 saturated carbocycles. The summed E-state index contributed by atoms with van der Waals surface area (Å²) in [6.45, 7) is 2.55. The molecule has 0 amide bonds. The molecular weight excluding hydrogens is 258 g/mol. The van der Waals surface area contributed by atoms with E-state index in [4.69, 9.17) is 17.2 Å². The predicted octanol–water partition coefficient (Wildman–Crippen LogP) is 3.94. The number of nitrogens with two attached hydrogens (primary N) is 3. The zero-order chi connectivity index (χ0) is 15.6. The molecular formula is C18H41N3. The van der Waals surface area contributed by atoms with E-state index in [0.717, 1.165) is 25.6 Å². The molecule has 0 aliphatic carbocycles. The van der Waals surface area contributed by atoms with E-state index in [1.807, 2.05) is 0 Å². The Morgan fingerprint density at radius 1 is 0.381 bits per heavy atom. The van der Waals surface area contributed by atoms with E-state index in [9.17, 15) is 0 Å². The number of unbranched alkanes of at least 4 members (excludes halogenated alkanes) is 8. The predicted molar refractivity (Wildman–Crippen MR) is 95.3 cm³/mol. The summed E-state index contributed by atoms with van der Waals surface area (Å²) in [7, 11) is 0. The highest BCUT2D eigenvalue weighted by Gasteiger charge is 2.08. The van der Waals surface area contributed by atoms with E-state index in [-0.39, 0.29) is 0 Å². The topological polar surface area (TPSA) is 78.1 Å². The van der Waals surface area contributed by atoms with Crippen molar-refractivity contribution in [3.8, 4) is 0 Å². The highest BCUT2D eigenvalue weighted by atomic mass is 14.5. The minimum absolute atomic E-state index is 0.850. The van der Waals surface area contributed by atoms with E-state index in [2.05, 4.69) is 0 Å². The van der Waals surface area contributed by atoms with E-state index < -0.39 is 0 Å². The van der Waals surface area contributed by atoms with Crippen LogP contribution in [0.1, 0.15) is 89.9 Å². The maximum absolute atomic E-state index is 5.58. The van der Waals surface area contributed by atoms with Crippen LogP contribution in [0.25, 0.3) is 0 Å². The van der Waals surface area contributed by atoms with Crippen molar-refractivity contribution in [1.29, 1.82) is 0 Å². The number of rotatable bonds is 17. The van der Waals surface area contributed by atoms with Gasteiger partial charge in [0.1, 0.15) is 0 Å². The van der Waals surface area contributed by atoms with Gasteiger partial charge in [0.25, 0.3) is 0 Å². The normalized spacial score (nSPS) is 11.4. The average Bonchev–Trinajstić information content (AvgIpc) is 2.50. The molecule has 0 saturated heterocycles. The van der Waals surface area contributed by atoms with Crippen LogP contribution in [0.5, 0.6) is 0 Å². The van der Waals surface area contributed by atoms with Gasteiger partial charge in [-0.2, -0.15) is 0 Å². The van der Waals surface area contributed by atoms with Crippen LogP contribution in [-0.2, 0) is 0 Å². The maximum atomic E-state index is 5.58. The van der Waals surface area contributed by atoms with Crippen molar-refractivity contribution in [2.45, 2.75) is 89.9 Å². The molecule has 0 atom stereocenters. The second-order valence-corrected chi connectivity index (χ2v) is 6.49. The van der Waals surface area contributed by atoms with Gasteiger partial charge in [0.05, 0.1) is 0 Å². The van der Waals surface area contributed by atoms with Crippen molar-refractivity contribution in [3.63, 3.8) is 0 Å². The molecule has 0 aliphatic heterocycles. The minimum Gasteiger partial charge on any atom is -0.330 e. The van der Waals surface area contributed by atoms with Crippen molar-refractivity contribution < 1.29 is 0 Å².